The topological polar surface area (TPSA) is 25.2 Å². The van der Waals surface area contributed by atoms with E-state index in [-0.39, 0.29) is 5.91 Å². The molecule has 0 saturated carbocycles. The Morgan fingerprint density at radius 2 is 2.11 bits per heavy atom. The number of nitrogens with zero attached hydrogens (tertiary/aromatic N) is 2. The van der Waals surface area contributed by atoms with Crippen LogP contribution in [-0.2, 0) is 11.3 Å². The van der Waals surface area contributed by atoms with Gasteiger partial charge in [-0.3, -0.25) is 4.79 Å². The van der Waals surface area contributed by atoms with Crippen molar-refractivity contribution in [2.24, 2.45) is 0 Å². The molecule has 2 aromatic rings. The smallest absolute Gasteiger partial charge is 0.222 e. The highest BCUT2D eigenvalue weighted by Crippen LogP contribution is 2.20. The van der Waals surface area contributed by atoms with E-state index < -0.39 is 0 Å². The van der Waals surface area contributed by atoms with Crippen LogP contribution in [0.15, 0.2) is 30.5 Å². The SMILES string of the molecule is CN(C)C(=O)CCCn1ccc2ccc(Cl)cc21. The fourth-order valence-corrected chi connectivity index (χ4v) is 2.14. The molecule has 0 aliphatic rings. The normalized spacial score (nSPS) is 10.8. The molecule has 0 spiro atoms. The van der Waals surface area contributed by atoms with Crippen molar-refractivity contribution in [2.45, 2.75) is 19.4 Å². The van der Waals surface area contributed by atoms with E-state index in [0.29, 0.717) is 6.42 Å². The summed E-state index contributed by atoms with van der Waals surface area (Å²) in [6, 6.07) is 7.94. The number of hydrogen-bond acceptors (Lipinski definition) is 1. The molecule has 1 aromatic heterocycles. The average Bonchev–Trinajstić information content (AvgIpc) is 2.71. The summed E-state index contributed by atoms with van der Waals surface area (Å²) in [6.07, 6.45) is 3.46. The number of benzene rings is 1. The Kier molecular flexibility index (Phi) is 3.92. The number of carbonyl (C=O) groups is 1. The van der Waals surface area contributed by atoms with E-state index in [1.165, 1.54) is 5.39 Å². The van der Waals surface area contributed by atoms with Crippen LogP contribution < -0.4 is 0 Å². The van der Waals surface area contributed by atoms with Gasteiger partial charge < -0.3 is 9.47 Å². The van der Waals surface area contributed by atoms with Crippen LogP contribution in [0.5, 0.6) is 0 Å². The van der Waals surface area contributed by atoms with Gasteiger partial charge in [-0.1, -0.05) is 17.7 Å². The molecular weight excluding hydrogens is 248 g/mol. The van der Waals surface area contributed by atoms with Crippen LogP contribution in [0.4, 0.5) is 0 Å². The highest BCUT2D eigenvalue weighted by molar-refractivity contribution is 6.31. The van der Waals surface area contributed by atoms with Gasteiger partial charge in [-0.2, -0.15) is 0 Å². The molecule has 96 valence electrons. The average molecular weight is 265 g/mol. The van der Waals surface area contributed by atoms with Gasteiger partial charge >= 0.3 is 0 Å². The van der Waals surface area contributed by atoms with Crippen molar-refractivity contribution in [1.82, 2.24) is 9.47 Å². The summed E-state index contributed by atoms with van der Waals surface area (Å²) in [5.74, 6) is 0.171. The molecule has 2 rings (SSSR count). The molecule has 1 aromatic carbocycles. The summed E-state index contributed by atoms with van der Waals surface area (Å²) in [6.45, 7) is 0.837. The zero-order chi connectivity index (χ0) is 13.1. The molecule has 3 nitrogen and oxygen atoms in total. The third kappa shape index (κ3) is 2.85. The van der Waals surface area contributed by atoms with Crippen LogP contribution >= 0.6 is 11.6 Å². The second-order valence-corrected chi connectivity index (χ2v) is 5.04. The Balaban J connectivity index is 2.04. The van der Waals surface area contributed by atoms with Crippen LogP contribution in [0, 0.1) is 0 Å². The van der Waals surface area contributed by atoms with Gasteiger partial charge in [0.25, 0.3) is 0 Å². The molecule has 18 heavy (non-hydrogen) atoms. The minimum Gasteiger partial charge on any atom is -0.349 e. The number of amides is 1. The summed E-state index contributed by atoms with van der Waals surface area (Å²) in [7, 11) is 3.57. The van der Waals surface area contributed by atoms with E-state index >= 15 is 0 Å². The molecule has 0 aliphatic carbocycles. The van der Waals surface area contributed by atoms with Crippen LogP contribution in [-0.4, -0.2) is 29.5 Å². The second-order valence-electron chi connectivity index (χ2n) is 4.60. The van der Waals surface area contributed by atoms with E-state index in [9.17, 15) is 4.79 Å². The van der Waals surface area contributed by atoms with Crippen molar-refractivity contribution < 1.29 is 4.79 Å². The minimum atomic E-state index is 0.171. The van der Waals surface area contributed by atoms with Crippen LogP contribution in [0.1, 0.15) is 12.8 Å². The second kappa shape index (κ2) is 5.44. The van der Waals surface area contributed by atoms with Gasteiger partial charge in [0.15, 0.2) is 0 Å². The van der Waals surface area contributed by atoms with Gasteiger partial charge in [0.1, 0.15) is 0 Å². The summed E-state index contributed by atoms with van der Waals surface area (Å²) in [4.78, 5) is 13.1. The molecule has 0 radical (unpaired) electrons. The molecule has 0 atom stereocenters. The van der Waals surface area contributed by atoms with Crippen molar-refractivity contribution in [1.29, 1.82) is 0 Å². The third-order valence-electron chi connectivity index (χ3n) is 3.02. The first-order valence-electron chi connectivity index (χ1n) is 6.02. The first-order chi connectivity index (χ1) is 8.58. The minimum absolute atomic E-state index is 0.171. The Labute approximate surface area is 112 Å². The van der Waals surface area contributed by atoms with Gasteiger partial charge in [-0.05, 0) is 30.0 Å². The number of fused-ring (bicyclic) bond motifs is 1. The van der Waals surface area contributed by atoms with Crippen LogP contribution in [0.2, 0.25) is 5.02 Å². The van der Waals surface area contributed by atoms with Gasteiger partial charge in [0.05, 0.1) is 0 Å². The maximum atomic E-state index is 11.5. The van der Waals surface area contributed by atoms with Crippen molar-refractivity contribution in [3.05, 3.63) is 35.5 Å². The molecule has 0 aliphatic heterocycles. The van der Waals surface area contributed by atoms with Gasteiger partial charge in [0.2, 0.25) is 5.91 Å². The lowest BCUT2D eigenvalue weighted by Crippen LogP contribution is -2.21. The molecule has 1 heterocycles. The van der Waals surface area contributed by atoms with Crippen molar-refractivity contribution in [3.63, 3.8) is 0 Å². The molecule has 0 unspecified atom stereocenters. The lowest BCUT2D eigenvalue weighted by Gasteiger charge is -2.10. The quantitative estimate of drug-likeness (QED) is 0.833. The predicted molar refractivity (Wildman–Crippen MR) is 74.9 cm³/mol. The molecule has 4 heteroatoms. The lowest BCUT2D eigenvalue weighted by molar-refractivity contribution is -0.128. The predicted octanol–water partition coefficient (Wildman–Crippen LogP) is 3.16. The van der Waals surface area contributed by atoms with Crippen molar-refractivity contribution in [2.75, 3.05) is 14.1 Å². The van der Waals surface area contributed by atoms with E-state index in [1.54, 1.807) is 19.0 Å². The van der Waals surface area contributed by atoms with E-state index in [4.69, 9.17) is 11.6 Å². The third-order valence-corrected chi connectivity index (χ3v) is 3.26. The number of aromatic nitrogens is 1. The molecule has 0 bridgehead atoms. The number of aryl methyl sites for hydroxylation is 1. The summed E-state index contributed by atoms with van der Waals surface area (Å²) in [5, 5.41) is 1.92. The molecule has 1 amide bonds. The Morgan fingerprint density at radius 1 is 1.33 bits per heavy atom. The van der Waals surface area contributed by atoms with E-state index in [1.807, 2.05) is 24.4 Å². The summed E-state index contributed by atoms with van der Waals surface area (Å²) >= 11 is 6.00. The van der Waals surface area contributed by atoms with Crippen LogP contribution in [0.25, 0.3) is 10.9 Å². The summed E-state index contributed by atoms with van der Waals surface area (Å²) < 4.78 is 2.14. The molecule has 0 N–H and O–H groups in total. The Hall–Kier alpha value is -1.48. The lowest BCUT2D eigenvalue weighted by atomic mass is 10.2. The number of halogens is 1. The van der Waals surface area contributed by atoms with Crippen molar-refractivity contribution >= 4 is 28.4 Å². The number of rotatable bonds is 4. The molecular formula is C14H17ClN2O. The van der Waals surface area contributed by atoms with E-state index in [2.05, 4.69) is 10.6 Å². The largest absolute Gasteiger partial charge is 0.349 e. The fraction of sp³-hybridized carbons (Fsp3) is 0.357. The van der Waals surface area contributed by atoms with E-state index in [0.717, 1.165) is 23.5 Å². The van der Waals surface area contributed by atoms with Gasteiger partial charge in [0, 0.05) is 43.8 Å². The highest BCUT2D eigenvalue weighted by Gasteiger charge is 2.05. The first kappa shape index (κ1) is 13.0. The van der Waals surface area contributed by atoms with Gasteiger partial charge in [-0.15, -0.1) is 0 Å². The van der Waals surface area contributed by atoms with Crippen LogP contribution in [0.3, 0.4) is 0 Å². The highest BCUT2D eigenvalue weighted by atomic mass is 35.5. The Morgan fingerprint density at radius 3 is 2.83 bits per heavy atom. The molecule has 0 fully saturated rings. The standard InChI is InChI=1S/C14H17ClN2O/c1-16(2)14(18)4-3-8-17-9-7-11-5-6-12(15)10-13(11)17/h5-7,9-10H,3-4,8H2,1-2H3. The van der Waals surface area contributed by atoms with Gasteiger partial charge in [-0.25, -0.2) is 0 Å². The summed E-state index contributed by atoms with van der Waals surface area (Å²) in [5.41, 5.74) is 1.12. The fourth-order valence-electron chi connectivity index (χ4n) is 1.98. The zero-order valence-electron chi connectivity index (χ0n) is 10.7. The maximum absolute atomic E-state index is 11.5. The Bertz CT molecular complexity index is 560. The molecule has 0 saturated heterocycles. The van der Waals surface area contributed by atoms with Crippen molar-refractivity contribution in [3.8, 4) is 0 Å². The maximum Gasteiger partial charge on any atom is 0.222 e. The zero-order valence-corrected chi connectivity index (χ0v) is 11.4. The first-order valence-corrected chi connectivity index (χ1v) is 6.40. The monoisotopic (exact) mass is 264 g/mol. The number of hydrogen-bond donors (Lipinski definition) is 0. The number of carbonyl (C=O) groups excluding carboxylic acids is 1.